The molecule has 2 rings (SSSR count). The van der Waals surface area contributed by atoms with Gasteiger partial charge in [-0.2, -0.15) is 10.1 Å². The number of nitrogens with zero attached hydrogens (tertiary/aromatic N) is 4. The summed E-state index contributed by atoms with van der Waals surface area (Å²) < 4.78 is 7.19. The summed E-state index contributed by atoms with van der Waals surface area (Å²) in [5, 5.41) is 15.2. The molecule has 9 nitrogen and oxygen atoms in total. The van der Waals surface area contributed by atoms with Gasteiger partial charge in [0.25, 0.3) is 0 Å². The van der Waals surface area contributed by atoms with Crippen molar-refractivity contribution in [3.8, 4) is 11.6 Å². The van der Waals surface area contributed by atoms with Crippen molar-refractivity contribution in [1.29, 1.82) is 0 Å². The Morgan fingerprint density at radius 2 is 2.15 bits per heavy atom. The van der Waals surface area contributed by atoms with Gasteiger partial charge in [0.15, 0.2) is 5.75 Å². The van der Waals surface area contributed by atoms with Crippen LogP contribution >= 0.6 is 0 Å². The fraction of sp³-hybridized carbons (Fsp3) is 0.273. The van der Waals surface area contributed by atoms with Crippen molar-refractivity contribution < 1.29 is 9.66 Å². The van der Waals surface area contributed by atoms with Crippen LogP contribution in [0.4, 0.5) is 11.5 Å². The van der Waals surface area contributed by atoms with Crippen molar-refractivity contribution in [3.63, 3.8) is 0 Å². The Morgan fingerprint density at radius 1 is 1.45 bits per heavy atom. The van der Waals surface area contributed by atoms with Crippen LogP contribution in [0.15, 0.2) is 12.1 Å². The molecule has 9 heteroatoms. The van der Waals surface area contributed by atoms with E-state index in [2.05, 4.69) is 15.5 Å². The van der Waals surface area contributed by atoms with E-state index < -0.39 is 4.92 Å². The molecule has 0 saturated carbocycles. The lowest BCUT2D eigenvalue weighted by Crippen LogP contribution is -2.09. The Morgan fingerprint density at radius 3 is 2.65 bits per heavy atom. The number of aromatic nitrogens is 3. The molecular weight excluding hydrogens is 264 g/mol. The third-order valence-electron chi connectivity index (χ3n) is 2.83. The van der Waals surface area contributed by atoms with Gasteiger partial charge in [0.05, 0.1) is 10.6 Å². The fourth-order valence-electron chi connectivity index (χ4n) is 1.73. The third kappa shape index (κ3) is 2.38. The lowest BCUT2D eigenvalue weighted by atomic mass is 10.3. The highest BCUT2D eigenvalue weighted by molar-refractivity contribution is 5.50. The molecule has 0 radical (unpaired) electrons. The molecule has 0 fully saturated rings. The Hall–Kier alpha value is -2.68. The molecule has 0 spiro atoms. The van der Waals surface area contributed by atoms with Crippen LogP contribution in [0.5, 0.6) is 11.6 Å². The molecule has 3 N–H and O–H groups in total. The maximum atomic E-state index is 11.0. The molecule has 0 aliphatic rings. The molecule has 0 bridgehead atoms. The summed E-state index contributed by atoms with van der Waals surface area (Å²) in [6.45, 7) is 3.55. The van der Waals surface area contributed by atoms with Gasteiger partial charge in [-0.25, -0.2) is 5.84 Å². The van der Waals surface area contributed by atoms with Gasteiger partial charge in [0, 0.05) is 13.1 Å². The first-order valence-corrected chi connectivity index (χ1v) is 5.74. The number of ether oxygens (including phenoxy) is 1. The van der Waals surface area contributed by atoms with Gasteiger partial charge in [-0.1, -0.05) is 0 Å². The number of nitro groups is 1. The summed E-state index contributed by atoms with van der Waals surface area (Å²) >= 11 is 0. The maximum absolute atomic E-state index is 11.0. The minimum atomic E-state index is -0.566. The molecule has 2 heterocycles. The highest BCUT2D eigenvalue weighted by Gasteiger charge is 2.21. The first-order chi connectivity index (χ1) is 9.43. The van der Waals surface area contributed by atoms with E-state index in [1.54, 1.807) is 25.6 Å². The summed E-state index contributed by atoms with van der Waals surface area (Å²) in [5.74, 6) is 5.82. The normalized spacial score (nSPS) is 10.4. The predicted molar refractivity (Wildman–Crippen MR) is 71.5 cm³/mol. The Kier molecular flexibility index (Phi) is 3.53. The van der Waals surface area contributed by atoms with E-state index in [1.807, 2.05) is 0 Å². The van der Waals surface area contributed by atoms with Gasteiger partial charge in [0.2, 0.25) is 0 Å². The smallest absolute Gasteiger partial charge is 0.331 e. The van der Waals surface area contributed by atoms with Crippen LogP contribution in [0.2, 0.25) is 0 Å². The Labute approximate surface area is 114 Å². The van der Waals surface area contributed by atoms with E-state index in [9.17, 15) is 10.1 Å². The monoisotopic (exact) mass is 278 g/mol. The lowest BCUT2D eigenvalue weighted by Gasteiger charge is -2.07. The van der Waals surface area contributed by atoms with E-state index in [1.165, 1.54) is 12.1 Å². The minimum Gasteiger partial charge on any atom is -0.430 e. The molecular formula is C11H14N6O3. The van der Waals surface area contributed by atoms with Crippen LogP contribution in [-0.2, 0) is 7.05 Å². The molecule has 0 atom stereocenters. The van der Waals surface area contributed by atoms with Crippen LogP contribution < -0.4 is 16.0 Å². The quantitative estimate of drug-likeness (QED) is 0.492. The Balaban J connectivity index is 2.48. The molecule has 106 valence electrons. The second-order valence-electron chi connectivity index (χ2n) is 4.15. The molecule has 0 aliphatic heterocycles. The standard InChI is InChI=1S/C11H14N6O3/c1-6-10(7(2)16(3)15-6)20-11-8(17(18)19)4-5-9(13-11)14-12/h4-5H,12H2,1-3H3,(H,13,14). The number of hydrazine groups is 1. The first-order valence-electron chi connectivity index (χ1n) is 5.74. The van der Waals surface area contributed by atoms with Crippen molar-refractivity contribution in [1.82, 2.24) is 14.8 Å². The number of nitrogen functional groups attached to an aromatic ring is 1. The molecule has 0 aliphatic carbocycles. The SMILES string of the molecule is Cc1nn(C)c(C)c1Oc1nc(NN)ccc1[N+](=O)[O-]. The number of rotatable bonds is 4. The molecule has 2 aromatic heterocycles. The topological polar surface area (TPSA) is 121 Å². The maximum Gasteiger partial charge on any atom is 0.331 e. The van der Waals surface area contributed by atoms with Crippen molar-refractivity contribution >= 4 is 11.5 Å². The largest absolute Gasteiger partial charge is 0.430 e. The average molecular weight is 278 g/mol. The van der Waals surface area contributed by atoms with Crippen molar-refractivity contribution in [2.75, 3.05) is 5.43 Å². The average Bonchev–Trinajstić information content (AvgIpc) is 2.65. The van der Waals surface area contributed by atoms with Gasteiger partial charge in [0.1, 0.15) is 11.5 Å². The Bertz CT molecular complexity index is 666. The number of aryl methyl sites for hydroxylation is 2. The fourth-order valence-corrected chi connectivity index (χ4v) is 1.73. The number of hydrogen-bond acceptors (Lipinski definition) is 7. The number of anilines is 1. The summed E-state index contributed by atoms with van der Waals surface area (Å²) in [6.07, 6.45) is 0. The van der Waals surface area contributed by atoms with E-state index in [-0.39, 0.29) is 17.4 Å². The number of nitrogens with two attached hydrogens (primary N) is 1. The molecule has 0 amide bonds. The van der Waals surface area contributed by atoms with Crippen molar-refractivity contribution in [3.05, 3.63) is 33.6 Å². The van der Waals surface area contributed by atoms with Crippen LogP contribution in [-0.4, -0.2) is 19.7 Å². The predicted octanol–water partition coefficient (Wildman–Crippen LogP) is 1.42. The summed E-state index contributed by atoms with van der Waals surface area (Å²) in [5.41, 5.74) is 3.43. The second kappa shape index (κ2) is 5.13. The number of nitrogens with one attached hydrogen (secondary N) is 1. The van der Waals surface area contributed by atoms with Crippen molar-refractivity contribution in [2.45, 2.75) is 13.8 Å². The van der Waals surface area contributed by atoms with Crippen LogP contribution in [0.1, 0.15) is 11.4 Å². The second-order valence-corrected chi connectivity index (χ2v) is 4.15. The third-order valence-corrected chi connectivity index (χ3v) is 2.83. The lowest BCUT2D eigenvalue weighted by molar-refractivity contribution is -0.386. The molecule has 0 aromatic carbocycles. The van der Waals surface area contributed by atoms with Gasteiger partial charge >= 0.3 is 11.6 Å². The van der Waals surface area contributed by atoms with E-state index in [0.717, 1.165) is 5.69 Å². The van der Waals surface area contributed by atoms with E-state index in [4.69, 9.17) is 10.6 Å². The molecule has 0 saturated heterocycles. The highest BCUT2D eigenvalue weighted by Crippen LogP contribution is 2.33. The molecule has 20 heavy (non-hydrogen) atoms. The summed E-state index contributed by atoms with van der Waals surface area (Å²) in [7, 11) is 1.76. The van der Waals surface area contributed by atoms with Gasteiger partial charge < -0.3 is 10.2 Å². The zero-order valence-corrected chi connectivity index (χ0v) is 11.2. The zero-order chi connectivity index (χ0) is 14.9. The number of pyridine rings is 1. The zero-order valence-electron chi connectivity index (χ0n) is 11.2. The minimum absolute atomic E-state index is 0.135. The van der Waals surface area contributed by atoms with Crippen LogP contribution in [0.25, 0.3) is 0 Å². The van der Waals surface area contributed by atoms with Gasteiger partial charge in [-0.05, 0) is 19.9 Å². The summed E-state index contributed by atoms with van der Waals surface area (Å²) in [6, 6.07) is 2.67. The van der Waals surface area contributed by atoms with Crippen molar-refractivity contribution in [2.24, 2.45) is 12.9 Å². The van der Waals surface area contributed by atoms with Gasteiger partial charge in [-0.15, -0.1) is 0 Å². The van der Waals surface area contributed by atoms with Crippen LogP contribution in [0.3, 0.4) is 0 Å². The number of hydrogen-bond donors (Lipinski definition) is 2. The van der Waals surface area contributed by atoms with Gasteiger partial charge in [-0.3, -0.25) is 14.8 Å². The van der Waals surface area contributed by atoms with Crippen LogP contribution in [0, 0.1) is 24.0 Å². The highest BCUT2D eigenvalue weighted by atomic mass is 16.6. The van der Waals surface area contributed by atoms with E-state index >= 15 is 0 Å². The summed E-state index contributed by atoms with van der Waals surface area (Å²) in [4.78, 5) is 14.4. The van der Waals surface area contributed by atoms with E-state index in [0.29, 0.717) is 11.4 Å². The first kappa shape index (κ1) is 13.7. The molecule has 2 aromatic rings. The molecule has 0 unspecified atom stereocenters.